The van der Waals surface area contributed by atoms with Gasteiger partial charge in [-0.05, 0) is 19.4 Å². The van der Waals surface area contributed by atoms with Gasteiger partial charge >= 0.3 is 0 Å². The normalized spacial score (nSPS) is 21.9. The Morgan fingerprint density at radius 3 is 2.64 bits per heavy atom. The maximum atomic E-state index is 12.0. The highest BCUT2D eigenvalue weighted by Crippen LogP contribution is 2.36. The fourth-order valence-corrected chi connectivity index (χ4v) is 2.82. The zero-order valence-electron chi connectivity index (χ0n) is 13.3. The van der Waals surface area contributed by atoms with Crippen LogP contribution in [0.15, 0.2) is 35.3 Å². The van der Waals surface area contributed by atoms with Gasteiger partial charge < -0.3 is 16.0 Å². The number of benzene rings is 1. The average molecular weight is 416 g/mol. The van der Waals surface area contributed by atoms with E-state index in [-0.39, 0.29) is 47.9 Å². The molecule has 0 aliphatic carbocycles. The Labute approximate surface area is 149 Å². The van der Waals surface area contributed by atoms with Crippen molar-refractivity contribution in [3.05, 3.63) is 35.9 Å². The van der Waals surface area contributed by atoms with Crippen LogP contribution in [0.5, 0.6) is 0 Å². The standard InChI is InChI=1S/C16H24N4O.HI/c1-11(2)19-16(17)18-10-13-9-14(21)20(3)15(13)12-7-5-4-6-8-12;/h4-8,11,13,15H,9-10H2,1-3H3,(H3,17,18,19);1H. The molecule has 1 aromatic carbocycles. The van der Waals surface area contributed by atoms with Crippen molar-refractivity contribution >= 4 is 35.8 Å². The number of hydrogen-bond donors (Lipinski definition) is 2. The first-order valence-electron chi connectivity index (χ1n) is 7.36. The minimum absolute atomic E-state index is 0. The van der Waals surface area contributed by atoms with Gasteiger partial charge in [-0.3, -0.25) is 9.79 Å². The molecule has 1 aromatic rings. The van der Waals surface area contributed by atoms with Crippen LogP contribution in [0.3, 0.4) is 0 Å². The summed E-state index contributed by atoms with van der Waals surface area (Å²) in [5, 5.41) is 3.07. The highest BCUT2D eigenvalue weighted by molar-refractivity contribution is 14.0. The summed E-state index contributed by atoms with van der Waals surface area (Å²) in [5.41, 5.74) is 7.00. The Hall–Kier alpha value is -1.31. The van der Waals surface area contributed by atoms with Crippen LogP contribution in [0.25, 0.3) is 0 Å². The van der Waals surface area contributed by atoms with Gasteiger partial charge in [0.25, 0.3) is 0 Å². The van der Waals surface area contributed by atoms with Crippen LogP contribution >= 0.6 is 24.0 Å². The molecule has 1 saturated heterocycles. The molecule has 1 aliphatic heterocycles. The molecule has 2 atom stereocenters. The fourth-order valence-electron chi connectivity index (χ4n) is 2.82. The maximum Gasteiger partial charge on any atom is 0.223 e. The lowest BCUT2D eigenvalue weighted by Gasteiger charge is -2.24. The molecule has 3 N–H and O–H groups in total. The molecule has 6 heteroatoms. The molecule has 0 saturated carbocycles. The van der Waals surface area contributed by atoms with Gasteiger partial charge in [0.05, 0.1) is 6.04 Å². The molecule has 1 aliphatic rings. The van der Waals surface area contributed by atoms with Gasteiger partial charge in [-0.1, -0.05) is 30.3 Å². The Bertz CT molecular complexity index is 518. The van der Waals surface area contributed by atoms with Gasteiger partial charge in [0.2, 0.25) is 5.91 Å². The van der Waals surface area contributed by atoms with Crippen molar-refractivity contribution in [2.45, 2.75) is 32.4 Å². The van der Waals surface area contributed by atoms with E-state index in [0.717, 1.165) is 5.56 Å². The first kappa shape index (κ1) is 18.7. The first-order valence-corrected chi connectivity index (χ1v) is 7.36. The number of carbonyl (C=O) groups excluding carboxylic acids is 1. The Morgan fingerprint density at radius 1 is 1.41 bits per heavy atom. The lowest BCUT2D eigenvalue weighted by atomic mass is 9.94. The first-order chi connectivity index (χ1) is 9.99. The summed E-state index contributed by atoms with van der Waals surface area (Å²) in [5.74, 6) is 0.774. The SMILES string of the molecule is CC(C)NC(N)=NCC1CC(=O)N(C)C1c1ccccc1.I. The van der Waals surface area contributed by atoms with Gasteiger partial charge in [-0.15, -0.1) is 24.0 Å². The minimum Gasteiger partial charge on any atom is -0.370 e. The third kappa shape index (κ3) is 4.59. The summed E-state index contributed by atoms with van der Waals surface area (Å²) in [6, 6.07) is 10.4. The van der Waals surface area contributed by atoms with E-state index in [2.05, 4.69) is 22.4 Å². The van der Waals surface area contributed by atoms with Crippen molar-refractivity contribution in [1.82, 2.24) is 10.2 Å². The van der Waals surface area contributed by atoms with Gasteiger partial charge in [-0.2, -0.15) is 0 Å². The Balaban J connectivity index is 0.00000242. The second-order valence-electron chi connectivity index (χ2n) is 5.85. The number of aliphatic imine (C=N–C) groups is 1. The number of likely N-dealkylation sites (tertiary alicyclic amines) is 1. The maximum absolute atomic E-state index is 12.0. The van der Waals surface area contributed by atoms with E-state index in [1.807, 2.05) is 44.0 Å². The molecule has 22 heavy (non-hydrogen) atoms. The smallest absolute Gasteiger partial charge is 0.223 e. The second kappa shape index (κ2) is 8.36. The molecule has 0 aromatic heterocycles. The van der Waals surface area contributed by atoms with Crippen LogP contribution in [0.4, 0.5) is 0 Å². The molecule has 5 nitrogen and oxygen atoms in total. The molecule has 1 amide bonds. The number of guanidine groups is 1. The summed E-state index contributed by atoms with van der Waals surface area (Å²) in [4.78, 5) is 18.2. The predicted octanol–water partition coefficient (Wildman–Crippen LogP) is 2.14. The third-order valence-corrected chi connectivity index (χ3v) is 3.77. The van der Waals surface area contributed by atoms with Gasteiger partial charge in [0, 0.05) is 32.0 Å². The molecule has 122 valence electrons. The monoisotopic (exact) mass is 416 g/mol. The lowest BCUT2D eigenvalue weighted by molar-refractivity contribution is -0.127. The number of carbonyl (C=O) groups is 1. The van der Waals surface area contributed by atoms with Crippen LogP contribution in [-0.4, -0.2) is 36.4 Å². The van der Waals surface area contributed by atoms with Crippen molar-refractivity contribution < 1.29 is 4.79 Å². The van der Waals surface area contributed by atoms with Crippen LogP contribution < -0.4 is 11.1 Å². The molecular weight excluding hydrogens is 391 g/mol. The van der Waals surface area contributed by atoms with Crippen LogP contribution in [-0.2, 0) is 4.79 Å². The lowest BCUT2D eigenvalue weighted by Crippen LogP contribution is -2.37. The van der Waals surface area contributed by atoms with Gasteiger partial charge in [0.1, 0.15) is 0 Å². The molecule has 0 radical (unpaired) electrons. The molecule has 2 unspecified atom stereocenters. The summed E-state index contributed by atoms with van der Waals surface area (Å²) >= 11 is 0. The van der Waals surface area contributed by atoms with E-state index in [4.69, 9.17) is 5.73 Å². The zero-order valence-corrected chi connectivity index (χ0v) is 15.7. The van der Waals surface area contributed by atoms with Crippen LogP contribution in [0, 0.1) is 5.92 Å². The van der Waals surface area contributed by atoms with Crippen molar-refractivity contribution in [3.8, 4) is 0 Å². The van der Waals surface area contributed by atoms with E-state index < -0.39 is 0 Å². The number of nitrogens with zero attached hydrogens (tertiary/aromatic N) is 2. The molecular formula is C16H25IN4O. The molecule has 0 bridgehead atoms. The summed E-state index contributed by atoms with van der Waals surface area (Å²) in [6.45, 7) is 4.59. The zero-order chi connectivity index (χ0) is 15.4. The minimum atomic E-state index is 0. The predicted molar refractivity (Wildman–Crippen MR) is 100 cm³/mol. The van der Waals surface area contributed by atoms with E-state index in [0.29, 0.717) is 18.9 Å². The fraction of sp³-hybridized carbons (Fsp3) is 0.500. The highest BCUT2D eigenvalue weighted by atomic mass is 127. The summed E-state index contributed by atoms with van der Waals surface area (Å²) in [6.07, 6.45) is 0.522. The van der Waals surface area contributed by atoms with Gasteiger partial charge in [0.15, 0.2) is 5.96 Å². The number of amides is 1. The van der Waals surface area contributed by atoms with Crippen molar-refractivity contribution in [3.63, 3.8) is 0 Å². The Kier molecular flexibility index (Phi) is 7.12. The van der Waals surface area contributed by atoms with E-state index >= 15 is 0 Å². The Morgan fingerprint density at radius 2 is 2.05 bits per heavy atom. The topological polar surface area (TPSA) is 70.7 Å². The summed E-state index contributed by atoms with van der Waals surface area (Å²) in [7, 11) is 1.86. The number of nitrogens with one attached hydrogen (secondary N) is 1. The molecule has 1 heterocycles. The highest BCUT2D eigenvalue weighted by Gasteiger charge is 2.38. The number of rotatable bonds is 4. The molecule has 2 rings (SSSR count). The summed E-state index contributed by atoms with van der Waals surface area (Å²) < 4.78 is 0. The number of halogens is 1. The molecule has 0 spiro atoms. The molecule has 1 fully saturated rings. The number of hydrogen-bond acceptors (Lipinski definition) is 2. The quantitative estimate of drug-likeness (QED) is 0.449. The van der Waals surface area contributed by atoms with Gasteiger partial charge in [-0.25, -0.2) is 0 Å². The van der Waals surface area contributed by atoms with E-state index in [1.54, 1.807) is 0 Å². The second-order valence-corrected chi connectivity index (χ2v) is 5.85. The van der Waals surface area contributed by atoms with Crippen LogP contribution in [0.1, 0.15) is 31.9 Å². The van der Waals surface area contributed by atoms with E-state index in [1.165, 1.54) is 0 Å². The van der Waals surface area contributed by atoms with Crippen molar-refractivity contribution in [2.24, 2.45) is 16.6 Å². The van der Waals surface area contributed by atoms with Crippen LogP contribution in [0.2, 0.25) is 0 Å². The largest absolute Gasteiger partial charge is 0.370 e. The van der Waals surface area contributed by atoms with Crippen molar-refractivity contribution in [2.75, 3.05) is 13.6 Å². The van der Waals surface area contributed by atoms with Crippen molar-refractivity contribution in [1.29, 1.82) is 0 Å². The number of nitrogens with two attached hydrogens (primary N) is 1. The third-order valence-electron chi connectivity index (χ3n) is 3.77. The van der Waals surface area contributed by atoms with E-state index in [9.17, 15) is 4.79 Å². The average Bonchev–Trinajstić information content (AvgIpc) is 2.72.